The molecule has 3 rings (SSSR count). The van der Waals surface area contributed by atoms with Crippen LogP contribution < -0.4 is 4.74 Å². The Balaban J connectivity index is 1.80. The number of hydrogen-bond donors (Lipinski definition) is 0. The number of nitrogens with zero attached hydrogens (tertiary/aromatic N) is 3. The molecule has 0 spiro atoms. The van der Waals surface area contributed by atoms with Gasteiger partial charge in [-0.05, 0) is 42.0 Å². The summed E-state index contributed by atoms with van der Waals surface area (Å²) in [7, 11) is 1.67. The van der Waals surface area contributed by atoms with Gasteiger partial charge in [0, 0.05) is 22.9 Å². The van der Waals surface area contributed by atoms with Gasteiger partial charge in [0.2, 0.25) is 0 Å². The Hall–Kier alpha value is -2.24. The molecule has 0 fully saturated rings. The molecule has 2 aromatic carbocycles. The summed E-state index contributed by atoms with van der Waals surface area (Å²) in [6, 6.07) is 15.6. The van der Waals surface area contributed by atoms with E-state index in [0.717, 1.165) is 28.0 Å². The van der Waals surface area contributed by atoms with E-state index in [1.54, 1.807) is 18.9 Å². The quantitative estimate of drug-likeness (QED) is 0.428. The lowest BCUT2D eigenvalue weighted by atomic mass is 10.2. The van der Waals surface area contributed by atoms with E-state index in [2.05, 4.69) is 33.5 Å². The van der Waals surface area contributed by atoms with Gasteiger partial charge in [-0.2, -0.15) is 0 Å². The number of aromatic nitrogens is 3. The van der Waals surface area contributed by atoms with Crippen molar-refractivity contribution < 1.29 is 4.74 Å². The van der Waals surface area contributed by atoms with Crippen LogP contribution in [0.3, 0.4) is 0 Å². The molecule has 25 heavy (non-hydrogen) atoms. The minimum absolute atomic E-state index is 0.649. The predicted molar refractivity (Wildman–Crippen MR) is 103 cm³/mol. The summed E-state index contributed by atoms with van der Waals surface area (Å²) in [5, 5.41) is 10.3. The zero-order chi connectivity index (χ0) is 17.6. The molecule has 0 aliphatic rings. The highest BCUT2D eigenvalue weighted by molar-refractivity contribution is 7.98. The molecule has 0 aliphatic heterocycles. The third-order valence-electron chi connectivity index (χ3n) is 3.66. The maximum atomic E-state index is 5.97. The molecule has 0 aliphatic carbocycles. The van der Waals surface area contributed by atoms with Crippen LogP contribution in [0, 0.1) is 0 Å². The molecule has 128 valence electrons. The molecular formula is C19H18ClN3OS. The normalized spacial score (nSPS) is 10.6. The van der Waals surface area contributed by atoms with Crippen LogP contribution in [0.1, 0.15) is 5.56 Å². The Bertz CT molecular complexity index is 844. The first-order valence-electron chi connectivity index (χ1n) is 7.77. The first kappa shape index (κ1) is 17.6. The molecule has 6 heteroatoms. The topological polar surface area (TPSA) is 39.9 Å². The van der Waals surface area contributed by atoms with Crippen LogP contribution in [-0.4, -0.2) is 21.9 Å². The van der Waals surface area contributed by atoms with Crippen molar-refractivity contribution in [3.8, 4) is 17.1 Å². The molecule has 0 radical (unpaired) electrons. The third-order valence-corrected chi connectivity index (χ3v) is 4.95. The summed E-state index contributed by atoms with van der Waals surface area (Å²) in [6.07, 6.45) is 1.85. The van der Waals surface area contributed by atoms with E-state index in [9.17, 15) is 0 Å². The molecule has 0 N–H and O–H groups in total. The van der Waals surface area contributed by atoms with Crippen molar-refractivity contribution in [3.05, 3.63) is 71.8 Å². The van der Waals surface area contributed by atoms with Gasteiger partial charge in [-0.15, -0.1) is 16.8 Å². The maximum absolute atomic E-state index is 5.97. The van der Waals surface area contributed by atoms with E-state index in [4.69, 9.17) is 16.3 Å². The van der Waals surface area contributed by atoms with Gasteiger partial charge in [0.15, 0.2) is 11.0 Å². The van der Waals surface area contributed by atoms with Crippen molar-refractivity contribution in [3.63, 3.8) is 0 Å². The van der Waals surface area contributed by atoms with Gasteiger partial charge in [-0.3, -0.25) is 4.57 Å². The molecule has 3 aromatic rings. The van der Waals surface area contributed by atoms with E-state index in [-0.39, 0.29) is 0 Å². The second-order valence-corrected chi connectivity index (χ2v) is 6.73. The average Bonchev–Trinajstić information content (AvgIpc) is 3.04. The highest BCUT2D eigenvalue weighted by Crippen LogP contribution is 2.27. The average molecular weight is 372 g/mol. The molecule has 1 aromatic heterocycles. The summed E-state index contributed by atoms with van der Waals surface area (Å²) in [5.74, 6) is 2.47. The van der Waals surface area contributed by atoms with E-state index in [0.29, 0.717) is 11.6 Å². The van der Waals surface area contributed by atoms with E-state index in [1.807, 2.05) is 42.5 Å². The zero-order valence-corrected chi connectivity index (χ0v) is 15.4. The number of methoxy groups -OCH3 is 1. The Morgan fingerprint density at radius 3 is 2.48 bits per heavy atom. The van der Waals surface area contributed by atoms with Crippen molar-refractivity contribution in [2.24, 2.45) is 0 Å². The third kappa shape index (κ3) is 4.24. The van der Waals surface area contributed by atoms with Crippen LogP contribution in [0.2, 0.25) is 5.02 Å². The number of benzene rings is 2. The van der Waals surface area contributed by atoms with Gasteiger partial charge < -0.3 is 4.74 Å². The largest absolute Gasteiger partial charge is 0.497 e. The summed E-state index contributed by atoms with van der Waals surface area (Å²) in [4.78, 5) is 0. The zero-order valence-electron chi connectivity index (χ0n) is 13.9. The summed E-state index contributed by atoms with van der Waals surface area (Å²) < 4.78 is 7.25. The minimum atomic E-state index is 0.649. The molecule has 0 atom stereocenters. The Morgan fingerprint density at radius 2 is 1.84 bits per heavy atom. The Kier molecular flexibility index (Phi) is 5.79. The van der Waals surface area contributed by atoms with Crippen LogP contribution in [0.15, 0.2) is 66.3 Å². The molecular weight excluding hydrogens is 354 g/mol. The lowest BCUT2D eigenvalue weighted by Crippen LogP contribution is -2.00. The van der Waals surface area contributed by atoms with Crippen molar-refractivity contribution in [1.82, 2.24) is 14.8 Å². The fourth-order valence-corrected chi connectivity index (χ4v) is 3.40. The second-order valence-electron chi connectivity index (χ2n) is 5.35. The van der Waals surface area contributed by atoms with Crippen LogP contribution >= 0.6 is 23.4 Å². The summed E-state index contributed by atoms with van der Waals surface area (Å²) in [6.45, 7) is 4.49. The molecule has 4 nitrogen and oxygen atoms in total. The highest BCUT2D eigenvalue weighted by Gasteiger charge is 2.13. The molecule has 0 saturated carbocycles. The Morgan fingerprint density at radius 1 is 1.12 bits per heavy atom. The lowest BCUT2D eigenvalue weighted by molar-refractivity contribution is 0.414. The number of ether oxygens (including phenoxy) is 1. The van der Waals surface area contributed by atoms with Crippen molar-refractivity contribution in [1.29, 1.82) is 0 Å². The van der Waals surface area contributed by atoms with Crippen LogP contribution in [0.25, 0.3) is 11.4 Å². The van der Waals surface area contributed by atoms with Crippen LogP contribution in [0.5, 0.6) is 5.75 Å². The standard InChI is InChI=1S/C19H18ClN3OS/c1-3-12-23-18(15-6-8-16(20)9-7-15)21-22-19(23)25-13-14-4-10-17(24-2)11-5-14/h3-11H,1,12-13H2,2H3. The number of halogens is 1. The van der Waals surface area contributed by atoms with E-state index in [1.165, 1.54) is 5.56 Å². The maximum Gasteiger partial charge on any atom is 0.192 e. The number of hydrogen-bond acceptors (Lipinski definition) is 4. The van der Waals surface area contributed by atoms with Crippen LogP contribution in [-0.2, 0) is 12.3 Å². The van der Waals surface area contributed by atoms with Crippen molar-refractivity contribution in [2.75, 3.05) is 7.11 Å². The van der Waals surface area contributed by atoms with E-state index < -0.39 is 0 Å². The molecule has 0 unspecified atom stereocenters. The predicted octanol–water partition coefficient (Wildman–Crippen LogP) is 5.09. The van der Waals surface area contributed by atoms with Gasteiger partial charge in [-0.25, -0.2) is 0 Å². The van der Waals surface area contributed by atoms with Crippen LogP contribution in [0.4, 0.5) is 0 Å². The van der Waals surface area contributed by atoms with Gasteiger partial charge in [0.05, 0.1) is 7.11 Å². The number of rotatable bonds is 7. The van der Waals surface area contributed by atoms with Gasteiger partial charge in [0.1, 0.15) is 5.75 Å². The van der Waals surface area contributed by atoms with Crippen molar-refractivity contribution >= 4 is 23.4 Å². The fraction of sp³-hybridized carbons (Fsp3) is 0.158. The molecule has 0 bridgehead atoms. The fourth-order valence-electron chi connectivity index (χ4n) is 2.37. The highest BCUT2D eigenvalue weighted by atomic mass is 35.5. The molecule has 0 saturated heterocycles. The smallest absolute Gasteiger partial charge is 0.192 e. The first-order chi connectivity index (χ1) is 12.2. The van der Waals surface area contributed by atoms with Gasteiger partial charge in [0.25, 0.3) is 0 Å². The molecule has 0 amide bonds. The first-order valence-corrected chi connectivity index (χ1v) is 9.13. The second kappa shape index (κ2) is 8.23. The number of thioether (sulfide) groups is 1. The van der Waals surface area contributed by atoms with Gasteiger partial charge >= 0.3 is 0 Å². The van der Waals surface area contributed by atoms with Crippen molar-refractivity contribution in [2.45, 2.75) is 17.5 Å². The SMILES string of the molecule is C=CCn1c(SCc2ccc(OC)cc2)nnc1-c1ccc(Cl)cc1. The Labute approximate surface area is 156 Å². The summed E-state index contributed by atoms with van der Waals surface area (Å²) >= 11 is 7.62. The molecule has 1 heterocycles. The van der Waals surface area contributed by atoms with Gasteiger partial charge in [-0.1, -0.05) is 41.6 Å². The lowest BCUT2D eigenvalue weighted by Gasteiger charge is -2.08. The van der Waals surface area contributed by atoms with E-state index >= 15 is 0 Å². The summed E-state index contributed by atoms with van der Waals surface area (Å²) in [5.41, 5.74) is 2.18. The minimum Gasteiger partial charge on any atom is -0.497 e. The number of allylic oxidation sites excluding steroid dienone is 1. The monoisotopic (exact) mass is 371 g/mol.